The lowest BCUT2D eigenvalue weighted by molar-refractivity contribution is -0.113. The summed E-state index contributed by atoms with van der Waals surface area (Å²) in [5.41, 5.74) is 0.757. The number of para-hydroxylation sites is 1. The number of hydrogen-bond donors (Lipinski definition) is 0. The zero-order chi connectivity index (χ0) is 17.6. The largest absolute Gasteiger partial charge is 0.490 e. The highest BCUT2D eigenvalue weighted by atomic mass is 35.5. The number of thioether (sulfide) groups is 1. The van der Waals surface area contributed by atoms with E-state index in [1.165, 1.54) is 11.8 Å². The normalized spacial score (nSPS) is 15.6. The SMILES string of the molecule is O=C1CC(=S)SC1=Cc1cc(Cl)ccc1OCCOc1ccccc1. The molecule has 3 nitrogen and oxygen atoms in total. The second kappa shape index (κ2) is 8.52. The summed E-state index contributed by atoms with van der Waals surface area (Å²) in [6, 6.07) is 14.9. The van der Waals surface area contributed by atoms with Gasteiger partial charge in [-0.2, -0.15) is 0 Å². The summed E-state index contributed by atoms with van der Waals surface area (Å²) in [5, 5.41) is 0.581. The Morgan fingerprint density at radius 1 is 1.12 bits per heavy atom. The number of carbonyl (C=O) groups is 1. The van der Waals surface area contributed by atoms with E-state index in [0.717, 1.165) is 11.3 Å². The van der Waals surface area contributed by atoms with E-state index in [-0.39, 0.29) is 5.78 Å². The van der Waals surface area contributed by atoms with Gasteiger partial charge in [0.25, 0.3) is 0 Å². The maximum atomic E-state index is 11.9. The summed E-state index contributed by atoms with van der Waals surface area (Å²) in [6.07, 6.45) is 2.10. The summed E-state index contributed by atoms with van der Waals surface area (Å²) < 4.78 is 12.1. The fourth-order valence-corrected chi connectivity index (χ4v) is 3.68. The van der Waals surface area contributed by atoms with E-state index in [1.807, 2.05) is 30.3 Å². The van der Waals surface area contributed by atoms with Gasteiger partial charge in [-0.1, -0.05) is 53.8 Å². The molecule has 0 unspecified atom stereocenters. The number of carbonyl (C=O) groups excluding carboxylic acids is 1. The van der Waals surface area contributed by atoms with Gasteiger partial charge in [0.1, 0.15) is 24.7 Å². The fourth-order valence-electron chi connectivity index (χ4n) is 2.28. The maximum absolute atomic E-state index is 11.9. The molecular weight excluding hydrogens is 376 g/mol. The highest BCUT2D eigenvalue weighted by Gasteiger charge is 2.23. The topological polar surface area (TPSA) is 35.5 Å². The van der Waals surface area contributed by atoms with E-state index < -0.39 is 0 Å². The van der Waals surface area contributed by atoms with Crippen LogP contribution in [-0.4, -0.2) is 23.2 Å². The number of rotatable bonds is 6. The number of Topliss-reactive ketones (excluding diaryl/α,β-unsaturated/α-hetero) is 1. The van der Waals surface area contributed by atoms with Crippen molar-refractivity contribution >= 4 is 51.6 Å². The van der Waals surface area contributed by atoms with Crippen LogP contribution in [0.25, 0.3) is 6.08 Å². The standard InChI is InChI=1S/C19H15ClO3S2/c20-14-6-7-17(23-9-8-22-15-4-2-1-3-5-15)13(10-14)11-18-16(21)12-19(24)25-18/h1-7,10-11H,8-9,12H2. The molecule has 2 aromatic carbocycles. The second-order valence-corrected chi connectivity index (χ2v) is 7.60. The molecule has 0 amide bonds. The molecule has 0 saturated carbocycles. The van der Waals surface area contributed by atoms with E-state index in [0.29, 0.717) is 39.5 Å². The van der Waals surface area contributed by atoms with Crippen LogP contribution in [0.5, 0.6) is 11.5 Å². The lowest BCUT2D eigenvalue weighted by atomic mass is 10.1. The Labute approximate surface area is 161 Å². The molecule has 0 bridgehead atoms. The summed E-state index contributed by atoms with van der Waals surface area (Å²) in [5.74, 6) is 1.49. The van der Waals surface area contributed by atoms with Crippen LogP contribution in [0.3, 0.4) is 0 Å². The molecule has 0 aliphatic carbocycles. The van der Waals surface area contributed by atoms with Crippen LogP contribution in [0.4, 0.5) is 0 Å². The third-order valence-electron chi connectivity index (χ3n) is 3.41. The molecule has 0 atom stereocenters. The third kappa shape index (κ3) is 5.08. The van der Waals surface area contributed by atoms with Crippen molar-refractivity contribution < 1.29 is 14.3 Å². The van der Waals surface area contributed by atoms with Crippen LogP contribution >= 0.6 is 35.6 Å². The van der Waals surface area contributed by atoms with Crippen molar-refractivity contribution in [3.8, 4) is 11.5 Å². The molecule has 2 aromatic rings. The van der Waals surface area contributed by atoms with Crippen molar-refractivity contribution in [2.45, 2.75) is 6.42 Å². The predicted octanol–water partition coefficient (Wildman–Crippen LogP) is 5.17. The fraction of sp³-hybridized carbons (Fsp3) is 0.158. The Morgan fingerprint density at radius 2 is 1.88 bits per heavy atom. The molecule has 128 valence electrons. The van der Waals surface area contributed by atoms with Gasteiger partial charge in [0.15, 0.2) is 5.78 Å². The smallest absolute Gasteiger partial charge is 0.175 e. The lowest BCUT2D eigenvalue weighted by Crippen LogP contribution is -2.09. The van der Waals surface area contributed by atoms with Crippen LogP contribution in [0.1, 0.15) is 12.0 Å². The van der Waals surface area contributed by atoms with E-state index in [2.05, 4.69) is 0 Å². The van der Waals surface area contributed by atoms with Crippen molar-refractivity contribution in [3.05, 3.63) is 64.0 Å². The Kier molecular flexibility index (Phi) is 6.13. The molecule has 0 radical (unpaired) electrons. The average molecular weight is 391 g/mol. The van der Waals surface area contributed by atoms with Crippen molar-refractivity contribution in [1.29, 1.82) is 0 Å². The number of thiocarbonyl (C=S) groups is 1. The van der Waals surface area contributed by atoms with E-state index in [1.54, 1.807) is 24.3 Å². The number of benzene rings is 2. The van der Waals surface area contributed by atoms with Gasteiger partial charge in [0.05, 0.1) is 15.5 Å². The molecule has 1 fully saturated rings. The zero-order valence-electron chi connectivity index (χ0n) is 13.2. The van der Waals surface area contributed by atoms with Crippen molar-refractivity contribution in [2.24, 2.45) is 0 Å². The Morgan fingerprint density at radius 3 is 2.60 bits per heavy atom. The molecular formula is C19H15ClO3S2. The minimum atomic E-state index is 0.0355. The third-order valence-corrected chi connectivity index (χ3v) is 4.98. The van der Waals surface area contributed by atoms with Crippen LogP contribution in [0.2, 0.25) is 5.02 Å². The molecule has 6 heteroatoms. The summed E-state index contributed by atoms with van der Waals surface area (Å²) in [4.78, 5) is 12.6. The quantitative estimate of drug-likeness (QED) is 0.386. The predicted molar refractivity (Wildman–Crippen MR) is 107 cm³/mol. The van der Waals surface area contributed by atoms with Crippen LogP contribution in [0, 0.1) is 0 Å². The number of ether oxygens (including phenoxy) is 2. The molecule has 0 spiro atoms. The van der Waals surface area contributed by atoms with Crippen molar-refractivity contribution in [2.75, 3.05) is 13.2 Å². The monoisotopic (exact) mass is 390 g/mol. The highest BCUT2D eigenvalue weighted by Crippen LogP contribution is 2.34. The Hall–Kier alpha value is -1.82. The van der Waals surface area contributed by atoms with Gasteiger partial charge in [0, 0.05) is 10.6 Å². The molecule has 1 saturated heterocycles. The van der Waals surface area contributed by atoms with Crippen LogP contribution in [-0.2, 0) is 4.79 Å². The summed E-state index contributed by atoms with van der Waals surface area (Å²) >= 11 is 12.5. The minimum Gasteiger partial charge on any atom is -0.490 e. The number of ketones is 1. The first-order valence-corrected chi connectivity index (χ1v) is 9.28. The van der Waals surface area contributed by atoms with Crippen molar-refractivity contribution in [1.82, 2.24) is 0 Å². The highest BCUT2D eigenvalue weighted by molar-refractivity contribution is 8.27. The van der Waals surface area contributed by atoms with Gasteiger partial charge in [-0.05, 0) is 36.4 Å². The van der Waals surface area contributed by atoms with E-state index >= 15 is 0 Å². The summed E-state index contributed by atoms with van der Waals surface area (Å²) in [6.45, 7) is 0.798. The maximum Gasteiger partial charge on any atom is 0.175 e. The average Bonchev–Trinajstić information content (AvgIpc) is 2.91. The first-order valence-electron chi connectivity index (χ1n) is 7.67. The molecule has 0 aromatic heterocycles. The molecule has 25 heavy (non-hydrogen) atoms. The molecule has 1 heterocycles. The molecule has 3 rings (SSSR count). The van der Waals surface area contributed by atoms with Gasteiger partial charge >= 0.3 is 0 Å². The molecule has 1 aliphatic rings. The van der Waals surface area contributed by atoms with Crippen LogP contribution in [0.15, 0.2) is 53.4 Å². The van der Waals surface area contributed by atoms with E-state index in [9.17, 15) is 4.79 Å². The Balaban J connectivity index is 1.66. The van der Waals surface area contributed by atoms with Gasteiger partial charge in [-0.25, -0.2) is 0 Å². The van der Waals surface area contributed by atoms with Crippen molar-refractivity contribution in [3.63, 3.8) is 0 Å². The van der Waals surface area contributed by atoms with E-state index in [4.69, 9.17) is 33.3 Å². The zero-order valence-corrected chi connectivity index (χ0v) is 15.6. The minimum absolute atomic E-state index is 0.0355. The first-order chi connectivity index (χ1) is 12.1. The Bertz CT molecular complexity index is 819. The summed E-state index contributed by atoms with van der Waals surface area (Å²) in [7, 11) is 0. The molecule has 0 N–H and O–H groups in total. The van der Waals surface area contributed by atoms with Gasteiger partial charge in [-0.3, -0.25) is 4.79 Å². The number of hydrogen-bond acceptors (Lipinski definition) is 5. The van der Waals surface area contributed by atoms with Gasteiger partial charge in [0.2, 0.25) is 0 Å². The molecule has 1 aliphatic heterocycles. The van der Waals surface area contributed by atoms with Gasteiger partial charge < -0.3 is 9.47 Å². The van der Waals surface area contributed by atoms with Gasteiger partial charge in [-0.15, -0.1) is 0 Å². The number of allylic oxidation sites excluding steroid dienone is 1. The first kappa shape index (κ1) is 18.0. The number of halogens is 1. The second-order valence-electron chi connectivity index (χ2n) is 5.27. The lowest BCUT2D eigenvalue weighted by Gasteiger charge is -2.11. The van der Waals surface area contributed by atoms with Crippen LogP contribution < -0.4 is 9.47 Å².